The summed E-state index contributed by atoms with van der Waals surface area (Å²) in [5, 5.41) is 0. The molecule has 64 valence electrons. The molecular formula is C11H14O. The Morgan fingerprint density at radius 3 is 2.50 bits per heavy atom. The molecule has 1 aliphatic heterocycles. The number of benzene rings is 1. The smallest absolute Gasteiger partial charge is 0.0538 e. The van der Waals surface area contributed by atoms with E-state index >= 15 is 0 Å². The maximum absolute atomic E-state index is 5.42. The molecule has 0 aliphatic carbocycles. The van der Waals surface area contributed by atoms with Crippen LogP contribution in [0, 0.1) is 5.92 Å². The van der Waals surface area contributed by atoms with Crippen LogP contribution in [0.5, 0.6) is 0 Å². The van der Waals surface area contributed by atoms with Gasteiger partial charge in [0.15, 0.2) is 0 Å². The van der Waals surface area contributed by atoms with Crippen molar-refractivity contribution in [2.75, 3.05) is 13.2 Å². The van der Waals surface area contributed by atoms with Gasteiger partial charge in [-0.2, -0.15) is 0 Å². The molecule has 0 radical (unpaired) electrons. The fourth-order valence-corrected chi connectivity index (χ4v) is 1.79. The monoisotopic (exact) mass is 162 g/mol. The SMILES string of the molecule is C[C@H]1COCC1c1ccccc1. The molecule has 2 rings (SSSR count). The summed E-state index contributed by atoms with van der Waals surface area (Å²) >= 11 is 0. The number of ether oxygens (including phenoxy) is 1. The highest BCUT2D eigenvalue weighted by molar-refractivity contribution is 5.20. The van der Waals surface area contributed by atoms with E-state index in [-0.39, 0.29) is 0 Å². The lowest BCUT2D eigenvalue weighted by Crippen LogP contribution is -2.05. The van der Waals surface area contributed by atoms with Gasteiger partial charge in [-0.15, -0.1) is 0 Å². The largest absolute Gasteiger partial charge is 0.381 e. The summed E-state index contributed by atoms with van der Waals surface area (Å²) in [5.74, 6) is 1.29. The predicted molar refractivity (Wildman–Crippen MR) is 49.2 cm³/mol. The highest BCUT2D eigenvalue weighted by Gasteiger charge is 2.25. The lowest BCUT2D eigenvalue weighted by Gasteiger charge is -2.12. The molecule has 1 heteroatoms. The summed E-state index contributed by atoms with van der Waals surface area (Å²) in [5.41, 5.74) is 1.42. The van der Waals surface area contributed by atoms with Gasteiger partial charge in [-0.05, 0) is 11.5 Å². The Labute approximate surface area is 73.4 Å². The lowest BCUT2D eigenvalue weighted by atomic mass is 9.91. The van der Waals surface area contributed by atoms with Gasteiger partial charge in [0.25, 0.3) is 0 Å². The number of hydrogen-bond donors (Lipinski definition) is 0. The molecule has 0 aromatic heterocycles. The minimum Gasteiger partial charge on any atom is -0.381 e. The molecule has 1 heterocycles. The van der Waals surface area contributed by atoms with Crippen LogP contribution >= 0.6 is 0 Å². The fourth-order valence-electron chi connectivity index (χ4n) is 1.79. The average molecular weight is 162 g/mol. The Morgan fingerprint density at radius 1 is 1.17 bits per heavy atom. The summed E-state index contributed by atoms with van der Waals surface area (Å²) in [6.45, 7) is 4.06. The molecule has 0 amide bonds. The van der Waals surface area contributed by atoms with Crippen LogP contribution in [0.4, 0.5) is 0 Å². The van der Waals surface area contributed by atoms with Crippen molar-refractivity contribution < 1.29 is 4.74 Å². The minimum absolute atomic E-state index is 0.617. The normalized spacial score (nSPS) is 29.1. The van der Waals surface area contributed by atoms with Crippen molar-refractivity contribution in [2.45, 2.75) is 12.8 Å². The Balaban J connectivity index is 2.19. The molecule has 1 aromatic rings. The molecule has 0 bridgehead atoms. The van der Waals surface area contributed by atoms with Crippen LogP contribution < -0.4 is 0 Å². The fraction of sp³-hybridized carbons (Fsp3) is 0.455. The second-order valence-electron chi connectivity index (χ2n) is 3.53. The third-order valence-corrected chi connectivity index (χ3v) is 2.59. The zero-order chi connectivity index (χ0) is 8.39. The first-order valence-electron chi connectivity index (χ1n) is 4.50. The summed E-state index contributed by atoms with van der Waals surface area (Å²) in [6, 6.07) is 10.6. The quantitative estimate of drug-likeness (QED) is 0.616. The minimum atomic E-state index is 0.617. The molecule has 2 atom stereocenters. The van der Waals surface area contributed by atoms with Gasteiger partial charge in [0.1, 0.15) is 0 Å². The Kier molecular flexibility index (Phi) is 2.13. The Bertz CT molecular complexity index is 242. The molecule has 1 fully saturated rings. The van der Waals surface area contributed by atoms with Gasteiger partial charge in [0, 0.05) is 12.5 Å². The van der Waals surface area contributed by atoms with Crippen LogP contribution in [-0.2, 0) is 4.74 Å². The molecule has 0 spiro atoms. The summed E-state index contributed by atoms with van der Waals surface area (Å²) in [6.07, 6.45) is 0. The van der Waals surface area contributed by atoms with Crippen molar-refractivity contribution >= 4 is 0 Å². The van der Waals surface area contributed by atoms with E-state index in [1.807, 2.05) is 0 Å². The summed E-state index contributed by atoms with van der Waals surface area (Å²) in [7, 11) is 0. The third kappa shape index (κ3) is 1.37. The highest BCUT2D eigenvalue weighted by atomic mass is 16.5. The van der Waals surface area contributed by atoms with Gasteiger partial charge in [-0.3, -0.25) is 0 Å². The van der Waals surface area contributed by atoms with E-state index in [1.54, 1.807) is 0 Å². The molecule has 0 saturated carbocycles. The van der Waals surface area contributed by atoms with Crippen LogP contribution in [0.15, 0.2) is 30.3 Å². The molecular weight excluding hydrogens is 148 g/mol. The Morgan fingerprint density at radius 2 is 1.92 bits per heavy atom. The summed E-state index contributed by atoms with van der Waals surface area (Å²) in [4.78, 5) is 0. The predicted octanol–water partition coefficient (Wildman–Crippen LogP) is 2.44. The van der Waals surface area contributed by atoms with Crippen molar-refractivity contribution in [3.63, 3.8) is 0 Å². The van der Waals surface area contributed by atoms with Gasteiger partial charge in [-0.1, -0.05) is 37.3 Å². The van der Waals surface area contributed by atoms with E-state index in [0.717, 1.165) is 13.2 Å². The van der Waals surface area contributed by atoms with E-state index in [2.05, 4.69) is 37.3 Å². The van der Waals surface area contributed by atoms with E-state index in [1.165, 1.54) is 5.56 Å². The van der Waals surface area contributed by atoms with Crippen LogP contribution in [-0.4, -0.2) is 13.2 Å². The van der Waals surface area contributed by atoms with Crippen molar-refractivity contribution in [1.29, 1.82) is 0 Å². The first-order chi connectivity index (χ1) is 5.88. The highest BCUT2D eigenvalue weighted by Crippen LogP contribution is 2.29. The van der Waals surface area contributed by atoms with Crippen LogP contribution in [0.2, 0.25) is 0 Å². The molecule has 0 N–H and O–H groups in total. The van der Waals surface area contributed by atoms with Gasteiger partial charge in [0.05, 0.1) is 6.61 Å². The zero-order valence-corrected chi connectivity index (χ0v) is 7.36. The van der Waals surface area contributed by atoms with E-state index in [0.29, 0.717) is 11.8 Å². The topological polar surface area (TPSA) is 9.23 Å². The van der Waals surface area contributed by atoms with E-state index in [4.69, 9.17) is 4.74 Å². The molecule has 1 unspecified atom stereocenters. The maximum Gasteiger partial charge on any atom is 0.0538 e. The molecule has 1 saturated heterocycles. The van der Waals surface area contributed by atoms with Gasteiger partial charge in [-0.25, -0.2) is 0 Å². The van der Waals surface area contributed by atoms with Gasteiger partial charge in [0.2, 0.25) is 0 Å². The first-order valence-corrected chi connectivity index (χ1v) is 4.50. The van der Waals surface area contributed by atoms with Crippen molar-refractivity contribution in [3.05, 3.63) is 35.9 Å². The van der Waals surface area contributed by atoms with E-state index < -0.39 is 0 Å². The molecule has 1 nitrogen and oxygen atoms in total. The van der Waals surface area contributed by atoms with Crippen molar-refractivity contribution in [2.24, 2.45) is 5.92 Å². The second kappa shape index (κ2) is 3.28. The molecule has 1 aromatic carbocycles. The van der Waals surface area contributed by atoms with Crippen molar-refractivity contribution in [1.82, 2.24) is 0 Å². The van der Waals surface area contributed by atoms with E-state index in [9.17, 15) is 0 Å². The first kappa shape index (κ1) is 7.81. The molecule has 12 heavy (non-hydrogen) atoms. The van der Waals surface area contributed by atoms with Crippen LogP contribution in [0.25, 0.3) is 0 Å². The third-order valence-electron chi connectivity index (χ3n) is 2.59. The van der Waals surface area contributed by atoms with Gasteiger partial charge >= 0.3 is 0 Å². The second-order valence-corrected chi connectivity index (χ2v) is 3.53. The van der Waals surface area contributed by atoms with Crippen LogP contribution in [0.1, 0.15) is 18.4 Å². The maximum atomic E-state index is 5.42. The standard InChI is InChI=1S/C11H14O/c1-9-7-12-8-11(9)10-5-3-2-4-6-10/h2-6,9,11H,7-8H2,1H3/t9-,11?/m0/s1. The molecule has 1 aliphatic rings. The zero-order valence-electron chi connectivity index (χ0n) is 7.36. The van der Waals surface area contributed by atoms with Gasteiger partial charge < -0.3 is 4.74 Å². The van der Waals surface area contributed by atoms with Crippen molar-refractivity contribution in [3.8, 4) is 0 Å². The number of hydrogen-bond acceptors (Lipinski definition) is 1. The summed E-state index contributed by atoms with van der Waals surface area (Å²) < 4.78 is 5.42. The van der Waals surface area contributed by atoms with Crippen LogP contribution in [0.3, 0.4) is 0 Å². The average Bonchev–Trinajstić information content (AvgIpc) is 2.53. The lowest BCUT2D eigenvalue weighted by molar-refractivity contribution is 0.186. The number of rotatable bonds is 1. The Hall–Kier alpha value is -0.820.